The lowest BCUT2D eigenvalue weighted by Gasteiger charge is -2.13. The first-order valence-electron chi connectivity index (χ1n) is 8.15. The molecule has 2 aromatic rings. The number of ether oxygens (including phenoxy) is 2. The van der Waals surface area contributed by atoms with Gasteiger partial charge in [0.1, 0.15) is 12.4 Å². The summed E-state index contributed by atoms with van der Waals surface area (Å²) in [5.74, 6) is -0.607. The van der Waals surface area contributed by atoms with Gasteiger partial charge in [-0.05, 0) is 51.8 Å². The van der Waals surface area contributed by atoms with Gasteiger partial charge in [-0.25, -0.2) is 4.79 Å². The second kappa shape index (κ2) is 8.18. The van der Waals surface area contributed by atoms with E-state index in [1.165, 1.54) is 6.08 Å². The minimum atomic E-state index is -0.557. The van der Waals surface area contributed by atoms with Crippen LogP contribution in [-0.4, -0.2) is 42.9 Å². The summed E-state index contributed by atoms with van der Waals surface area (Å²) in [7, 11) is 1.57. The molecular formula is C20H16BrNO5. The number of hydrogen-bond donors (Lipinski definition) is 0. The minimum absolute atomic E-state index is 0.0139. The molecule has 0 bridgehead atoms. The lowest BCUT2D eigenvalue weighted by Crippen LogP contribution is -2.33. The number of fused-ring (bicyclic) bond motifs is 1. The molecule has 138 valence electrons. The first-order valence-corrected chi connectivity index (χ1v) is 8.94. The van der Waals surface area contributed by atoms with Crippen LogP contribution in [0.15, 0.2) is 53.0 Å². The number of nitrogens with zero attached hydrogens (tertiary/aromatic N) is 1. The molecule has 0 saturated carbocycles. The van der Waals surface area contributed by atoms with E-state index in [4.69, 9.17) is 9.47 Å². The predicted molar refractivity (Wildman–Crippen MR) is 102 cm³/mol. The molecule has 0 N–H and O–H groups in total. The number of rotatable bonds is 6. The molecule has 0 aliphatic carbocycles. The summed E-state index contributed by atoms with van der Waals surface area (Å²) in [5.41, 5.74) is 1.54. The van der Waals surface area contributed by atoms with Crippen molar-refractivity contribution in [1.29, 1.82) is 0 Å². The summed E-state index contributed by atoms with van der Waals surface area (Å²) in [6.07, 6.45) is 2.89. The molecule has 1 heterocycles. The molecule has 0 saturated heterocycles. The van der Waals surface area contributed by atoms with Crippen LogP contribution in [0.5, 0.6) is 5.75 Å². The third-order valence-corrected chi connectivity index (χ3v) is 4.64. The molecule has 1 aliphatic heterocycles. The first kappa shape index (κ1) is 18.8. The molecule has 0 unspecified atom stereocenters. The van der Waals surface area contributed by atoms with Crippen LogP contribution in [0.25, 0.3) is 6.08 Å². The maximum absolute atomic E-state index is 12.2. The molecule has 2 aromatic carbocycles. The third kappa shape index (κ3) is 4.09. The van der Waals surface area contributed by atoms with Crippen molar-refractivity contribution in [2.24, 2.45) is 0 Å². The van der Waals surface area contributed by atoms with Crippen LogP contribution in [0.2, 0.25) is 0 Å². The van der Waals surface area contributed by atoms with Gasteiger partial charge in [0.15, 0.2) is 0 Å². The van der Waals surface area contributed by atoms with E-state index in [0.717, 1.165) is 14.9 Å². The zero-order valence-electron chi connectivity index (χ0n) is 14.5. The summed E-state index contributed by atoms with van der Waals surface area (Å²) >= 11 is 3.37. The fourth-order valence-electron chi connectivity index (χ4n) is 2.68. The Labute approximate surface area is 164 Å². The van der Waals surface area contributed by atoms with Gasteiger partial charge in [-0.2, -0.15) is 0 Å². The number of imide groups is 1. The van der Waals surface area contributed by atoms with Crippen molar-refractivity contribution in [1.82, 2.24) is 4.90 Å². The summed E-state index contributed by atoms with van der Waals surface area (Å²) in [6.45, 7) is -0.0546. The molecule has 0 aromatic heterocycles. The molecule has 0 fully saturated rings. The molecule has 0 atom stereocenters. The van der Waals surface area contributed by atoms with E-state index in [0.29, 0.717) is 16.9 Å². The summed E-state index contributed by atoms with van der Waals surface area (Å²) in [4.78, 5) is 37.4. The lowest BCUT2D eigenvalue weighted by molar-refractivity contribution is -0.137. The van der Waals surface area contributed by atoms with Gasteiger partial charge in [0, 0.05) is 6.08 Å². The van der Waals surface area contributed by atoms with Crippen molar-refractivity contribution in [3.63, 3.8) is 0 Å². The summed E-state index contributed by atoms with van der Waals surface area (Å²) < 4.78 is 11.0. The SMILES string of the molecule is COc1ccc(/C=C/C(=O)OCCN2C(=O)c3ccccc3C2=O)cc1Br. The Morgan fingerprint density at radius 1 is 1.11 bits per heavy atom. The number of hydrogen-bond acceptors (Lipinski definition) is 5. The van der Waals surface area contributed by atoms with Crippen LogP contribution < -0.4 is 4.74 Å². The van der Waals surface area contributed by atoms with Gasteiger partial charge >= 0.3 is 5.97 Å². The van der Waals surface area contributed by atoms with Crippen molar-refractivity contribution in [3.05, 3.63) is 69.7 Å². The van der Waals surface area contributed by atoms with E-state index in [2.05, 4.69) is 15.9 Å². The van der Waals surface area contributed by atoms with Gasteiger partial charge in [0.05, 0.1) is 29.3 Å². The number of halogens is 1. The first-order chi connectivity index (χ1) is 13.0. The number of amides is 2. The van der Waals surface area contributed by atoms with Crippen molar-refractivity contribution in [3.8, 4) is 5.75 Å². The number of benzene rings is 2. The number of carbonyl (C=O) groups is 3. The van der Waals surface area contributed by atoms with Gasteiger partial charge in [0.25, 0.3) is 11.8 Å². The number of methoxy groups -OCH3 is 1. The Morgan fingerprint density at radius 2 is 1.78 bits per heavy atom. The Kier molecular flexibility index (Phi) is 5.71. The van der Waals surface area contributed by atoms with E-state index in [9.17, 15) is 14.4 Å². The average molecular weight is 430 g/mol. The second-order valence-electron chi connectivity index (χ2n) is 5.70. The maximum Gasteiger partial charge on any atom is 0.330 e. The zero-order valence-corrected chi connectivity index (χ0v) is 16.1. The van der Waals surface area contributed by atoms with Crippen LogP contribution in [0.3, 0.4) is 0 Å². The molecule has 7 heteroatoms. The van der Waals surface area contributed by atoms with Gasteiger partial charge < -0.3 is 9.47 Å². The summed E-state index contributed by atoms with van der Waals surface area (Å²) in [5, 5.41) is 0. The highest BCUT2D eigenvalue weighted by Crippen LogP contribution is 2.26. The lowest BCUT2D eigenvalue weighted by atomic mass is 10.1. The zero-order chi connectivity index (χ0) is 19.4. The number of esters is 1. The fraction of sp³-hybridized carbons (Fsp3) is 0.150. The topological polar surface area (TPSA) is 72.9 Å². The Bertz CT molecular complexity index is 903. The molecule has 0 radical (unpaired) electrons. The van der Waals surface area contributed by atoms with Crippen molar-refractivity contribution in [2.45, 2.75) is 0 Å². The van der Waals surface area contributed by atoms with Crippen LogP contribution in [0, 0.1) is 0 Å². The van der Waals surface area contributed by atoms with E-state index < -0.39 is 5.97 Å². The van der Waals surface area contributed by atoms with E-state index in [-0.39, 0.29) is 25.0 Å². The normalized spacial score (nSPS) is 13.2. The van der Waals surface area contributed by atoms with Crippen LogP contribution >= 0.6 is 15.9 Å². The summed E-state index contributed by atoms with van der Waals surface area (Å²) in [6, 6.07) is 12.0. The minimum Gasteiger partial charge on any atom is -0.496 e. The maximum atomic E-state index is 12.2. The van der Waals surface area contributed by atoms with Gasteiger partial charge in [0.2, 0.25) is 0 Å². The molecule has 2 amide bonds. The van der Waals surface area contributed by atoms with Gasteiger partial charge in [-0.3, -0.25) is 14.5 Å². The van der Waals surface area contributed by atoms with E-state index >= 15 is 0 Å². The highest BCUT2D eigenvalue weighted by atomic mass is 79.9. The predicted octanol–water partition coefficient (Wildman–Crippen LogP) is 3.31. The van der Waals surface area contributed by atoms with Gasteiger partial charge in [-0.15, -0.1) is 0 Å². The molecule has 27 heavy (non-hydrogen) atoms. The van der Waals surface area contributed by atoms with Crippen molar-refractivity contribution >= 4 is 39.8 Å². The van der Waals surface area contributed by atoms with Crippen molar-refractivity contribution in [2.75, 3.05) is 20.3 Å². The monoisotopic (exact) mass is 429 g/mol. The molecular weight excluding hydrogens is 414 g/mol. The van der Waals surface area contributed by atoms with E-state index in [1.807, 2.05) is 0 Å². The highest BCUT2D eigenvalue weighted by molar-refractivity contribution is 9.10. The fourth-order valence-corrected chi connectivity index (χ4v) is 3.24. The van der Waals surface area contributed by atoms with Crippen LogP contribution in [-0.2, 0) is 9.53 Å². The van der Waals surface area contributed by atoms with Crippen molar-refractivity contribution < 1.29 is 23.9 Å². The molecule has 3 rings (SSSR count). The second-order valence-corrected chi connectivity index (χ2v) is 6.56. The molecule has 0 spiro atoms. The molecule has 1 aliphatic rings. The smallest absolute Gasteiger partial charge is 0.330 e. The Hall–Kier alpha value is -2.93. The standard InChI is InChI=1S/C20H16BrNO5/c1-26-17-8-6-13(12-16(17)21)7-9-18(23)27-11-10-22-19(24)14-4-2-3-5-15(14)20(22)25/h2-9,12H,10-11H2,1H3/b9-7+. The Balaban J connectivity index is 1.52. The van der Waals surface area contributed by atoms with Crippen LogP contribution in [0.4, 0.5) is 0 Å². The quantitative estimate of drug-likeness (QED) is 0.400. The largest absolute Gasteiger partial charge is 0.496 e. The highest BCUT2D eigenvalue weighted by Gasteiger charge is 2.34. The van der Waals surface area contributed by atoms with E-state index in [1.54, 1.807) is 55.7 Å². The van der Waals surface area contributed by atoms with Gasteiger partial charge in [-0.1, -0.05) is 18.2 Å². The average Bonchev–Trinajstić information content (AvgIpc) is 2.91. The Morgan fingerprint density at radius 3 is 2.37 bits per heavy atom. The number of carbonyl (C=O) groups excluding carboxylic acids is 3. The molecule has 6 nitrogen and oxygen atoms in total. The van der Waals surface area contributed by atoms with Crippen LogP contribution in [0.1, 0.15) is 26.3 Å². The third-order valence-electron chi connectivity index (χ3n) is 4.03.